The second-order valence-electron chi connectivity index (χ2n) is 6.59. The van der Waals surface area contributed by atoms with E-state index in [1.165, 1.54) is 16.0 Å². The lowest BCUT2D eigenvalue weighted by molar-refractivity contribution is 0.568. The van der Waals surface area contributed by atoms with Crippen LogP contribution in [0.5, 0.6) is 0 Å². The highest BCUT2D eigenvalue weighted by atomic mass is 32.2. The predicted octanol–water partition coefficient (Wildman–Crippen LogP) is 3.63. The Balaban J connectivity index is 2.02. The minimum absolute atomic E-state index is 0.0226. The fourth-order valence-corrected chi connectivity index (χ4v) is 5.13. The van der Waals surface area contributed by atoms with Crippen LogP contribution < -0.4 is 10.6 Å². The molecular formula is C21H29N3O2S2. The normalized spacial score (nSPS) is 13.2. The molecule has 28 heavy (non-hydrogen) atoms. The van der Waals surface area contributed by atoms with E-state index in [9.17, 15) is 8.42 Å². The van der Waals surface area contributed by atoms with Gasteiger partial charge in [0.1, 0.15) is 0 Å². The Hall–Kier alpha value is -1.99. The van der Waals surface area contributed by atoms with Crippen molar-refractivity contribution in [2.75, 3.05) is 19.1 Å². The zero-order valence-electron chi connectivity index (χ0n) is 16.9. The second kappa shape index (κ2) is 10.5. The zero-order valence-corrected chi connectivity index (χ0v) is 18.5. The van der Waals surface area contributed by atoms with E-state index in [-0.39, 0.29) is 11.8 Å². The number of aryl methyl sites for hydroxylation is 1. The van der Waals surface area contributed by atoms with Crippen molar-refractivity contribution < 1.29 is 8.42 Å². The van der Waals surface area contributed by atoms with E-state index in [0.717, 1.165) is 0 Å². The minimum atomic E-state index is -3.36. The molecule has 0 heterocycles. The van der Waals surface area contributed by atoms with Gasteiger partial charge in [-0.1, -0.05) is 37.3 Å². The van der Waals surface area contributed by atoms with Gasteiger partial charge in [0.05, 0.1) is 10.6 Å². The van der Waals surface area contributed by atoms with Gasteiger partial charge in [-0.15, -0.1) is 11.8 Å². The molecule has 0 saturated heterocycles. The molecule has 7 heteroatoms. The molecule has 0 saturated carbocycles. The Morgan fingerprint density at radius 3 is 2.50 bits per heavy atom. The van der Waals surface area contributed by atoms with Crippen molar-refractivity contribution in [1.82, 2.24) is 10.6 Å². The molecule has 0 aliphatic rings. The molecule has 0 radical (unpaired) electrons. The lowest BCUT2D eigenvalue weighted by Gasteiger charge is -2.21. The summed E-state index contributed by atoms with van der Waals surface area (Å²) in [5, 5.41) is 6.55. The average Bonchev–Trinajstić information content (AvgIpc) is 2.71. The number of nitrogens with zero attached hydrogens (tertiary/aromatic N) is 1. The van der Waals surface area contributed by atoms with Gasteiger partial charge in [0.2, 0.25) is 0 Å². The van der Waals surface area contributed by atoms with Crippen LogP contribution in [0.25, 0.3) is 0 Å². The largest absolute Gasteiger partial charge is 0.353 e. The SMILES string of the molecule is CCC(CS(=O)(=O)c1ccccc1)NC(=NC)NCc1ccc(C)cc1SC. The number of rotatable bonds is 8. The monoisotopic (exact) mass is 419 g/mol. The average molecular weight is 420 g/mol. The molecule has 0 aliphatic heterocycles. The summed E-state index contributed by atoms with van der Waals surface area (Å²) in [5.74, 6) is 0.622. The van der Waals surface area contributed by atoms with Crippen molar-refractivity contribution in [2.45, 2.75) is 42.6 Å². The van der Waals surface area contributed by atoms with Crippen molar-refractivity contribution in [3.8, 4) is 0 Å². The molecule has 5 nitrogen and oxygen atoms in total. The Kier molecular flexibility index (Phi) is 8.38. The Morgan fingerprint density at radius 2 is 1.89 bits per heavy atom. The smallest absolute Gasteiger partial charge is 0.191 e. The summed E-state index contributed by atoms with van der Waals surface area (Å²) < 4.78 is 25.3. The molecule has 1 atom stereocenters. The number of guanidine groups is 1. The number of aliphatic imine (C=N–C) groups is 1. The van der Waals surface area contributed by atoms with E-state index in [0.29, 0.717) is 23.8 Å². The lowest BCUT2D eigenvalue weighted by Crippen LogP contribution is -2.45. The van der Waals surface area contributed by atoms with E-state index in [4.69, 9.17) is 0 Å². The van der Waals surface area contributed by atoms with E-state index in [2.05, 4.69) is 47.0 Å². The van der Waals surface area contributed by atoms with Crippen molar-refractivity contribution in [2.24, 2.45) is 4.99 Å². The van der Waals surface area contributed by atoms with Gasteiger partial charge in [0.15, 0.2) is 15.8 Å². The first-order valence-electron chi connectivity index (χ1n) is 9.28. The first-order valence-corrected chi connectivity index (χ1v) is 12.2. The van der Waals surface area contributed by atoms with E-state index < -0.39 is 9.84 Å². The Bertz CT molecular complexity index is 897. The maximum atomic E-state index is 12.7. The first-order chi connectivity index (χ1) is 13.4. The molecule has 2 aromatic rings. The lowest BCUT2D eigenvalue weighted by atomic mass is 10.1. The highest BCUT2D eigenvalue weighted by Crippen LogP contribution is 2.21. The topological polar surface area (TPSA) is 70.6 Å². The van der Waals surface area contributed by atoms with Crippen molar-refractivity contribution in [3.05, 3.63) is 59.7 Å². The molecule has 0 fully saturated rings. The van der Waals surface area contributed by atoms with Crippen molar-refractivity contribution in [3.63, 3.8) is 0 Å². The summed E-state index contributed by atoms with van der Waals surface area (Å²) >= 11 is 1.71. The summed E-state index contributed by atoms with van der Waals surface area (Å²) in [6.45, 7) is 4.67. The molecule has 0 aliphatic carbocycles. The quantitative estimate of drug-likeness (QED) is 0.388. The number of nitrogens with one attached hydrogen (secondary N) is 2. The van der Waals surface area contributed by atoms with Crippen LogP contribution in [0.1, 0.15) is 24.5 Å². The van der Waals surface area contributed by atoms with E-state index >= 15 is 0 Å². The molecule has 2 N–H and O–H groups in total. The molecule has 1 unspecified atom stereocenters. The predicted molar refractivity (Wildman–Crippen MR) is 119 cm³/mol. The van der Waals surface area contributed by atoms with Crippen LogP contribution in [0.3, 0.4) is 0 Å². The van der Waals surface area contributed by atoms with Crippen LogP contribution >= 0.6 is 11.8 Å². The van der Waals surface area contributed by atoms with Gasteiger partial charge in [-0.25, -0.2) is 8.42 Å². The molecule has 2 rings (SSSR count). The summed E-state index contributed by atoms with van der Waals surface area (Å²) in [7, 11) is -1.66. The summed E-state index contributed by atoms with van der Waals surface area (Å²) in [5.41, 5.74) is 2.42. The molecule has 0 spiro atoms. The Morgan fingerprint density at radius 1 is 1.18 bits per heavy atom. The number of hydrogen-bond donors (Lipinski definition) is 2. The fourth-order valence-electron chi connectivity index (χ4n) is 2.82. The summed E-state index contributed by atoms with van der Waals surface area (Å²) in [6, 6.07) is 14.7. The molecule has 0 amide bonds. The summed E-state index contributed by atoms with van der Waals surface area (Å²) in [4.78, 5) is 5.83. The van der Waals surface area contributed by atoms with Crippen LogP contribution in [-0.2, 0) is 16.4 Å². The molecule has 2 aromatic carbocycles. The van der Waals surface area contributed by atoms with Crippen LogP contribution in [0.4, 0.5) is 0 Å². The van der Waals surface area contributed by atoms with Crippen LogP contribution in [0.15, 0.2) is 63.3 Å². The van der Waals surface area contributed by atoms with Crippen molar-refractivity contribution >= 4 is 27.6 Å². The third-order valence-corrected chi connectivity index (χ3v) is 7.12. The van der Waals surface area contributed by atoms with Gasteiger partial charge in [-0.05, 0) is 48.9 Å². The molecular weight excluding hydrogens is 390 g/mol. The highest BCUT2D eigenvalue weighted by Gasteiger charge is 2.21. The van der Waals surface area contributed by atoms with E-state index in [1.807, 2.05) is 13.0 Å². The molecule has 152 valence electrons. The van der Waals surface area contributed by atoms with Crippen molar-refractivity contribution in [1.29, 1.82) is 0 Å². The Labute approximate surface area is 173 Å². The summed E-state index contributed by atoms with van der Waals surface area (Å²) in [6.07, 6.45) is 2.74. The standard InChI is InChI=1S/C21H29N3O2S2/c1-5-18(15-28(25,26)19-9-7-6-8-10-19)24-21(22-3)23-14-17-12-11-16(2)13-20(17)27-4/h6-13,18H,5,14-15H2,1-4H3,(H2,22,23,24). The van der Waals surface area contributed by atoms with Gasteiger partial charge in [0, 0.05) is 24.5 Å². The van der Waals surface area contributed by atoms with Gasteiger partial charge in [-0.2, -0.15) is 0 Å². The number of benzene rings is 2. The first kappa shape index (κ1) is 22.3. The van der Waals surface area contributed by atoms with Crippen LogP contribution in [0.2, 0.25) is 0 Å². The molecule has 0 bridgehead atoms. The fraction of sp³-hybridized carbons (Fsp3) is 0.381. The van der Waals surface area contributed by atoms with E-state index in [1.54, 1.807) is 43.1 Å². The number of hydrogen-bond acceptors (Lipinski definition) is 4. The van der Waals surface area contributed by atoms with Gasteiger partial charge in [0.25, 0.3) is 0 Å². The number of thioether (sulfide) groups is 1. The molecule has 0 aromatic heterocycles. The number of sulfone groups is 1. The maximum absolute atomic E-state index is 12.7. The minimum Gasteiger partial charge on any atom is -0.353 e. The second-order valence-corrected chi connectivity index (χ2v) is 9.47. The third kappa shape index (κ3) is 6.27. The van der Waals surface area contributed by atoms with Crippen LogP contribution in [-0.4, -0.2) is 39.5 Å². The third-order valence-electron chi connectivity index (χ3n) is 4.47. The maximum Gasteiger partial charge on any atom is 0.191 e. The van der Waals surface area contributed by atoms with Gasteiger partial charge < -0.3 is 10.6 Å². The van der Waals surface area contributed by atoms with Gasteiger partial charge in [-0.3, -0.25) is 4.99 Å². The highest BCUT2D eigenvalue weighted by molar-refractivity contribution is 7.98. The van der Waals surface area contributed by atoms with Crippen LogP contribution in [0, 0.1) is 6.92 Å². The van der Waals surface area contributed by atoms with Gasteiger partial charge >= 0.3 is 0 Å². The zero-order chi connectivity index (χ0) is 20.6.